The fraction of sp³-hybridized carbons (Fsp3) is 1.00. The van der Waals surface area contributed by atoms with E-state index in [1.165, 1.54) is 19.3 Å². The lowest BCUT2D eigenvalue weighted by Gasteiger charge is -2.27. The van der Waals surface area contributed by atoms with Crippen LogP contribution in [0.4, 0.5) is 0 Å². The predicted molar refractivity (Wildman–Crippen MR) is 89.6 cm³/mol. The Morgan fingerprint density at radius 1 is 0.947 bits per heavy atom. The van der Waals surface area contributed by atoms with Gasteiger partial charge in [-0.25, -0.2) is 0 Å². The van der Waals surface area contributed by atoms with Crippen LogP contribution in [0.2, 0.25) is 0 Å². The second kappa shape index (κ2) is 12.9. The van der Waals surface area contributed by atoms with Crippen molar-refractivity contribution in [3.8, 4) is 0 Å². The zero-order chi connectivity index (χ0) is 14.8. The quantitative estimate of drug-likeness (QED) is 0.672. The molecule has 2 nitrogen and oxygen atoms in total. The van der Waals surface area contributed by atoms with Crippen LogP contribution < -0.4 is 5.73 Å². The van der Waals surface area contributed by atoms with Crippen LogP contribution in [0.25, 0.3) is 0 Å². The first-order chi connectivity index (χ1) is 8.10. The van der Waals surface area contributed by atoms with Gasteiger partial charge < -0.3 is 10.5 Å². The Bertz CT molecular complexity index is 171. The molecule has 1 atom stereocenters. The second-order valence-corrected chi connectivity index (χ2v) is 6.86. The van der Waals surface area contributed by atoms with Gasteiger partial charge in [0.15, 0.2) is 0 Å². The summed E-state index contributed by atoms with van der Waals surface area (Å²) >= 11 is 0. The molecule has 2 heteroatoms. The molecule has 0 saturated carbocycles. The molecular formula is C17H41NO. The molecular weight excluding hydrogens is 234 g/mol. The number of rotatable bonds is 6. The van der Waals surface area contributed by atoms with Gasteiger partial charge in [0.2, 0.25) is 0 Å². The molecule has 0 fully saturated rings. The summed E-state index contributed by atoms with van der Waals surface area (Å²) in [7, 11) is 0. The van der Waals surface area contributed by atoms with Gasteiger partial charge in [-0.3, -0.25) is 0 Å². The van der Waals surface area contributed by atoms with Crippen molar-refractivity contribution in [1.29, 1.82) is 0 Å². The van der Waals surface area contributed by atoms with Gasteiger partial charge in [0.05, 0.1) is 11.7 Å². The normalized spacial score (nSPS) is 12.8. The number of ether oxygens (including phenoxy) is 1. The monoisotopic (exact) mass is 275 g/mol. The minimum Gasteiger partial charge on any atom is -0.373 e. The summed E-state index contributed by atoms with van der Waals surface area (Å²) in [4.78, 5) is 0. The second-order valence-electron chi connectivity index (χ2n) is 6.86. The zero-order valence-corrected chi connectivity index (χ0v) is 14.0. The zero-order valence-electron chi connectivity index (χ0n) is 14.0. The van der Waals surface area contributed by atoms with Gasteiger partial charge in [-0.15, -0.1) is 0 Å². The molecule has 0 heterocycles. The Balaban J connectivity index is -0.000000262. The molecule has 0 radical (unpaired) electrons. The average molecular weight is 276 g/mol. The first kappa shape index (κ1) is 24.0. The van der Waals surface area contributed by atoms with E-state index in [2.05, 4.69) is 55.4 Å². The molecule has 0 saturated heterocycles. The number of nitrogens with two attached hydrogens (primary N) is 1. The Morgan fingerprint density at radius 2 is 1.42 bits per heavy atom. The molecule has 1 unspecified atom stereocenters. The van der Waals surface area contributed by atoms with Crippen molar-refractivity contribution in [2.75, 3.05) is 6.54 Å². The van der Waals surface area contributed by atoms with Crippen LogP contribution in [0.5, 0.6) is 0 Å². The molecule has 0 spiro atoms. The van der Waals surface area contributed by atoms with E-state index in [0.29, 0.717) is 12.0 Å². The lowest BCUT2D eigenvalue weighted by Crippen LogP contribution is -2.28. The van der Waals surface area contributed by atoms with Crippen molar-refractivity contribution in [2.24, 2.45) is 17.6 Å². The highest BCUT2D eigenvalue weighted by Crippen LogP contribution is 2.15. The van der Waals surface area contributed by atoms with E-state index in [4.69, 9.17) is 10.5 Å². The maximum atomic E-state index is 5.70. The standard InChI is InChI=1S/C9H20O.C7H17N.CH4/c1-7(2)8(3)10-9(4,5)6;1-7(2)5-3-4-6-8;/h7-8H,1-6H3;7H,3-6,8H2,1-2H3;1H4. The number of hydrogen-bond donors (Lipinski definition) is 1. The summed E-state index contributed by atoms with van der Waals surface area (Å²) in [5, 5.41) is 0. The van der Waals surface area contributed by atoms with E-state index in [9.17, 15) is 0 Å². The fourth-order valence-corrected chi connectivity index (χ4v) is 1.39. The Hall–Kier alpha value is -0.0800. The fourth-order valence-electron chi connectivity index (χ4n) is 1.39. The van der Waals surface area contributed by atoms with Gasteiger partial charge >= 0.3 is 0 Å². The lowest BCUT2D eigenvalue weighted by atomic mass is 10.1. The van der Waals surface area contributed by atoms with Crippen molar-refractivity contribution >= 4 is 0 Å². The van der Waals surface area contributed by atoms with Gasteiger partial charge in [0.1, 0.15) is 0 Å². The molecule has 0 aromatic rings. The van der Waals surface area contributed by atoms with Crippen LogP contribution in [0.1, 0.15) is 82.1 Å². The van der Waals surface area contributed by atoms with Crippen molar-refractivity contribution in [3.05, 3.63) is 0 Å². The van der Waals surface area contributed by atoms with Crippen molar-refractivity contribution in [1.82, 2.24) is 0 Å². The highest BCUT2D eigenvalue weighted by Gasteiger charge is 2.16. The van der Waals surface area contributed by atoms with Gasteiger partial charge in [-0.1, -0.05) is 48.0 Å². The molecule has 0 aromatic carbocycles. The van der Waals surface area contributed by atoms with Crippen molar-refractivity contribution in [3.63, 3.8) is 0 Å². The summed E-state index contributed by atoms with van der Waals surface area (Å²) in [5.74, 6) is 1.46. The van der Waals surface area contributed by atoms with E-state index < -0.39 is 0 Å². The van der Waals surface area contributed by atoms with Crippen LogP contribution in [-0.4, -0.2) is 18.2 Å². The van der Waals surface area contributed by atoms with Gasteiger partial charge in [-0.2, -0.15) is 0 Å². The van der Waals surface area contributed by atoms with E-state index in [-0.39, 0.29) is 13.0 Å². The molecule has 120 valence electrons. The van der Waals surface area contributed by atoms with Gasteiger partial charge in [0, 0.05) is 0 Å². The molecule has 0 aromatic heterocycles. The van der Waals surface area contributed by atoms with Crippen LogP contribution in [0.15, 0.2) is 0 Å². The van der Waals surface area contributed by atoms with E-state index >= 15 is 0 Å². The number of hydrogen-bond acceptors (Lipinski definition) is 2. The third-order valence-electron chi connectivity index (χ3n) is 2.71. The summed E-state index contributed by atoms with van der Waals surface area (Å²) in [5.41, 5.74) is 5.32. The third kappa shape index (κ3) is 23.4. The summed E-state index contributed by atoms with van der Waals surface area (Å²) in [6, 6.07) is 0. The smallest absolute Gasteiger partial charge is 0.0602 e. The topological polar surface area (TPSA) is 35.2 Å². The first-order valence-corrected chi connectivity index (χ1v) is 7.48. The molecule has 0 amide bonds. The lowest BCUT2D eigenvalue weighted by molar-refractivity contribution is -0.0698. The van der Waals surface area contributed by atoms with Gasteiger partial charge in [0.25, 0.3) is 0 Å². The van der Waals surface area contributed by atoms with Crippen LogP contribution >= 0.6 is 0 Å². The molecule has 2 N–H and O–H groups in total. The molecule has 0 rings (SSSR count). The minimum absolute atomic E-state index is 0. The maximum Gasteiger partial charge on any atom is 0.0602 e. The SMILES string of the molecule is C.CC(C)C(C)OC(C)(C)C.CC(C)CCCCN. The molecule has 0 aliphatic rings. The Morgan fingerprint density at radius 3 is 1.63 bits per heavy atom. The average Bonchev–Trinajstić information content (AvgIpc) is 2.15. The first-order valence-electron chi connectivity index (χ1n) is 7.48. The van der Waals surface area contributed by atoms with E-state index in [1.54, 1.807) is 0 Å². The predicted octanol–water partition coefficient (Wildman–Crippen LogP) is 5.25. The van der Waals surface area contributed by atoms with Crippen LogP contribution in [0.3, 0.4) is 0 Å². The number of unbranched alkanes of at least 4 members (excludes halogenated alkanes) is 1. The highest BCUT2D eigenvalue weighted by atomic mass is 16.5. The van der Waals surface area contributed by atoms with Crippen LogP contribution in [0, 0.1) is 11.8 Å². The molecule has 0 aliphatic carbocycles. The highest BCUT2D eigenvalue weighted by molar-refractivity contribution is 4.64. The summed E-state index contributed by atoms with van der Waals surface area (Å²) in [6.45, 7) is 18.1. The summed E-state index contributed by atoms with van der Waals surface area (Å²) in [6.07, 6.45) is 4.18. The van der Waals surface area contributed by atoms with Crippen LogP contribution in [-0.2, 0) is 4.74 Å². The molecule has 0 aliphatic heterocycles. The summed E-state index contributed by atoms with van der Waals surface area (Å²) < 4.78 is 5.70. The Kier molecular flexibility index (Phi) is 16.3. The largest absolute Gasteiger partial charge is 0.373 e. The van der Waals surface area contributed by atoms with Gasteiger partial charge in [-0.05, 0) is 52.5 Å². The molecule has 19 heavy (non-hydrogen) atoms. The molecule has 0 bridgehead atoms. The van der Waals surface area contributed by atoms with E-state index in [0.717, 1.165) is 12.5 Å². The van der Waals surface area contributed by atoms with Crippen molar-refractivity contribution < 1.29 is 4.74 Å². The minimum atomic E-state index is 0. The van der Waals surface area contributed by atoms with Crippen molar-refractivity contribution in [2.45, 2.75) is 93.8 Å². The third-order valence-corrected chi connectivity index (χ3v) is 2.71. The Labute approximate surface area is 123 Å². The van der Waals surface area contributed by atoms with E-state index in [1.807, 2.05) is 0 Å². The maximum absolute atomic E-state index is 5.70.